The maximum absolute atomic E-state index is 4.38. The van der Waals surface area contributed by atoms with Crippen molar-refractivity contribution in [3.8, 4) is 22.3 Å². The topological polar surface area (TPSA) is 0 Å². The van der Waals surface area contributed by atoms with Gasteiger partial charge in [0.2, 0.25) is 0 Å². The third-order valence-electron chi connectivity index (χ3n) is 6.46. The molecular formula is C32H24S2. The summed E-state index contributed by atoms with van der Waals surface area (Å²) in [5, 5.41) is 8.76. The minimum atomic E-state index is 1.03. The standard InChI is InChI=1S/C32H24S2/c1-3-33-21(2)29-20-34-30-19-28-27(18-26(29)30)31(22-12-6-4-7-13-22)24-16-10-11-17-25(24)32(28)23-14-8-5-9-15-23/h4-20H,2-3H2,1H3. The summed E-state index contributed by atoms with van der Waals surface area (Å²) in [6.45, 7) is 6.57. The second kappa shape index (κ2) is 8.79. The van der Waals surface area contributed by atoms with Gasteiger partial charge in [-0.05, 0) is 61.7 Å². The first-order valence-corrected chi connectivity index (χ1v) is 13.5. The quantitative estimate of drug-likeness (QED) is 0.225. The highest BCUT2D eigenvalue weighted by Gasteiger charge is 2.19. The maximum Gasteiger partial charge on any atom is 0.0355 e. The van der Waals surface area contributed by atoms with E-state index in [1.807, 2.05) is 23.1 Å². The maximum atomic E-state index is 4.38. The fourth-order valence-electron chi connectivity index (χ4n) is 5.00. The lowest BCUT2D eigenvalue weighted by molar-refractivity contribution is 1.54. The molecule has 0 spiro atoms. The van der Waals surface area contributed by atoms with E-state index in [1.165, 1.54) is 59.4 Å². The third kappa shape index (κ3) is 3.46. The molecule has 0 saturated carbocycles. The van der Waals surface area contributed by atoms with Gasteiger partial charge in [0.1, 0.15) is 0 Å². The van der Waals surface area contributed by atoms with E-state index < -0.39 is 0 Å². The van der Waals surface area contributed by atoms with Crippen molar-refractivity contribution in [2.75, 3.05) is 5.75 Å². The zero-order chi connectivity index (χ0) is 23.1. The normalized spacial score (nSPS) is 11.4. The summed E-state index contributed by atoms with van der Waals surface area (Å²) in [4.78, 5) is 1.15. The van der Waals surface area contributed by atoms with Gasteiger partial charge < -0.3 is 0 Å². The minimum absolute atomic E-state index is 1.03. The Balaban J connectivity index is 1.82. The summed E-state index contributed by atoms with van der Waals surface area (Å²) in [6, 6.07) is 35.3. The number of hydrogen-bond acceptors (Lipinski definition) is 2. The number of rotatable bonds is 5. The largest absolute Gasteiger partial charge is 0.143 e. The first kappa shape index (κ1) is 21.2. The highest BCUT2D eigenvalue weighted by molar-refractivity contribution is 8.08. The number of fused-ring (bicyclic) bond motifs is 3. The molecule has 5 aromatic carbocycles. The Labute approximate surface area is 208 Å². The molecule has 1 aromatic heterocycles. The van der Waals surface area contributed by atoms with Gasteiger partial charge in [0.25, 0.3) is 0 Å². The van der Waals surface area contributed by atoms with E-state index in [2.05, 4.69) is 116 Å². The van der Waals surface area contributed by atoms with E-state index in [9.17, 15) is 0 Å². The van der Waals surface area contributed by atoms with Gasteiger partial charge in [-0.2, -0.15) is 0 Å². The van der Waals surface area contributed by atoms with Crippen LogP contribution in [-0.4, -0.2) is 5.75 Å². The van der Waals surface area contributed by atoms with Crippen molar-refractivity contribution in [2.24, 2.45) is 0 Å². The van der Waals surface area contributed by atoms with E-state index in [-0.39, 0.29) is 0 Å². The van der Waals surface area contributed by atoms with Crippen LogP contribution in [-0.2, 0) is 0 Å². The average molecular weight is 473 g/mol. The van der Waals surface area contributed by atoms with Crippen LogP contribution in [0.25, 0.3) is 58.8 Å². The summed E-state index contributed by atoms with van der Waals surface area (Å²) in [6.07, 6.45) is 0. The van der Waals surface area contributed by atoms with Crippen molar-refractivity contribution in [1.29, 1.82) is 0 Å². The van der Waals surface area contributed by atoms with E-state index >= 15 is 0 Å². The Hall–Kier alpha value is -3.33. The highest BCUT2D eigenvalue weighted by Crippen LogP contribution is 2.46. The van der Waals surface area contributed by atoms with E-state index in [1.54, 1.807) is 0 Å². The lowest BCUT2D eigenvalue weighted by Gasteiger charge is -2.18. The van der Waals surface area contributed by atoms with Crippen LogP contribution >= 0.6 is 23.1 Å². The summed E-state index contributed by atoms with van der Waals surface area (Å²) in [7, 11) is 0. The molecule has 0 aliphatic carbocycles. The second-order valence-corrected chi connectivity index (χ2v) is 10.7. The molecule has 0 atom stereocenters. The van der Waals surface area contributed by atoms with Crippen molar-refractivity contribution in [2.45, 2.75) is 6.92 Å². The minimum Gasteiger partial charge on any atom is -0.143 e. The molecule has 6 rings (SSSR count). The van der Waals surface area contributed by atoms with Crippen LogP contribution < -0.4 is 0 Å². The van der Waals surface area contributed by atoms with Crippen LogP contribution in [0.15, 0.2) is 109 Å². The Bertz CT molecular complexity index is 1660. The van der Waals surface area contributed by atoms with Gasteiger partial charge in [-0.25, -0.2) is 0 Å². The summed E-state index contributed by atoms with van der Waals surface area (Å²) >= 11 is 3.64. The number of thioether (sulfide) groups is 1. The van der Waals surface area contributed by atoms with Crippen molar-refractivity contribution < 1.29 is 0 Å². The second-order valence-electron chi connectivity index (χ2n) is 8.43. The summed E-state index contributed by atoms with van der Waals surface area (Å²) in [5.41, 5.74) is 6.39. The molecular weight excluding hydrogens is 448 g/mol. The molecule has 0 unspecified atom stereocenters. The fourth-order valence-corrected chi connectivity index (χ4v) is 6.74. The van der Waals surface area contributed by atoms with Gasteiger partial charge in [0.15, 0.2) is 0 Å². The monoisotopic (exact) mass is 472 g/mol. The first-order chi connectivity index (χ1) is 16.8. The highest BCUT2D eigenvalue weighted by atomic mass is 32.2. The van der Waals surface area contributed by atoms with Crippen molar-refractivity contribution >= 4 is 59.6 Å². The molecule has 1 heterocycles. The van der Waals surface area contributed by atoms with Crippen LogP contribution in [0.1, 0.15) is 12.5 Å². The summed E-state index contributed by atoms with van der Waals surface area (Å²) < 4.78 is 1.31. The van der Waals surface area contributed by atoms with Crippen LogP contribution in [0.3, 0.4) is 0 Å². The molecule has 0 fully saturated rings. The molecule has 34 heavy (non-hydrogen) atoms. The average Bonchev–Trinajstić information content (AvgIpc) is 3.30. The molecule has 2 heteroatoms. The van der Waals surface area contributed by atoms with Gasteiger partial charge in [0.05, 0.1) is 0 Å². The fraction of sp³-hybridized carbons (Fsp3) is 0.0625. The molecule has 0 aliphatic heterocycles. The van der Waals surface area contributed by atoms with Crippen LogP contribution in [0, 0.1) is 0 Å². The molecule has 0 nitrogen and oxygen atoms in total. The summed E-state index contributed by atoms with van der Waals surface area (Å²) in [5.74, 6) is 1.03. The molecule has 164 valence electrons. The van der Waals surface area contributed by atoms with Gasteiger partial charge in [-0.3, -0.25) is 0 Å². The van der Waals surface area contributed by atoms with Crippen molar-refractivity contribution in [3.05, 3.63) is 115 Å². The molecule has 6 aromatic rings. The smallest absolute Gasteiger partial charge is 0.0355 e. The van der Waals surface area contributed by atoms with E-state index in [0.717, 1.165) is 10.7 Å². The molecule has 0 aliphatic rings. The van der Waals surface area contributed by atoms with Crippen LogP contribution in [0.5, 0.6) is 0 Å². The number of thiophene rings is 1. The number of benzene rings is 5. The molecule has 0 saturated heterocycles. The van der Waals surface area contributed by atoms with E-state index in [0.29, 0.717) is 0 Å². The lowest BCUT2D eigenvalue weighted by atomic mass is 9.85. The van der Waals surface area contributed by atoms with Crippen molar-refractivity contribution in [3.63, 3.8) is 0 Å². The number of hydrogen-bond donors (Lipinski definition) is 0. The van der Waals surface area contributed by atoms with Gasteiger partial charge in [0, 0.05) is 25.9 Å². The molecule has 0 N–H and O–H groups in total. The molecule has 0 radical (unpaired) electrons. The van der Waals surface area contributed by atoms with Gasteiger partial charge >= 0.3 is 0 Å². The predicted molar refractivity (Wildman–Crippen MR) is 155 cm³/mol. The SMILES string of the molecule is C=C(SCC)c1csc2cc3c(-c4ccccc4)c4ccccc4c(-c4ccccc4)c3cc12. The zero-order valence-corrected chi connectivity index (χ0v) is 20.7. The van der Waals surface area contributed by atoms with Gasteiger partial charge in [-0.15, -0.1) is 23.1 Å². The molecule has 0 bridgehead atoms. The van der Waals surface area contributed by atoms with Crippen LogP contribution in [0.4, 0.5) is 0 Å². The Morgan fingerprint density at radius 1 is 0.676 bits per heavy atom. The van der Waals surface area contributed by atoms with Crippen LogP contribution in [0.2, 0.25) is 0 Å². The third-order valence-corrected chi connectivity index (χ3v) is 8.26. The molecule has 0 amide bonds. The predicted octanol–water partition coefficient (Wildman–Crippen LogP) is 10.3. The zero-order valence-electron chi connectivity index (χ0n) is 19.0. The lowest BCUT2D eigenvalue weighted by Crippen LogP contribution is -1.91. The van der Waals surface area contributed by atoms with Crippen molar-refractivity contribution in [1.82, 2.24) is 0 Å². The first-order valence-electron chi connectivity index (χ1n) is 11.6. The Morgan fingerprint density at radius 3 is 1.76 bits per heavy atom. The van der Waals surface area contributed by atoms with E-state index in [4.69, 9.17) is 0 Å². The Kier molecular flexibility index (Phi) is 5.49. The van der Waals surface area contributed by atoms with Gasteiger partial charge in [-0.1, -0.05) is 98.4 Å². The Morgan fingerprint density at radius 2 is 1.21 bits per heavy atom.